The highest BCUT2D eigenvalue weighted by molar-refractivity contribution is 5.96. The molecule has 8 nitrogen and oxygen atoms in total. The molecule has 8 heteroatoms. The summed E-state index contributed by atoms with van der Waals surface area (Å²) in [5.74, 6) is -0.938. The Morgan fingerprint density at radius 1 is 1.04 bits per heavy atom. The number of ether oxygens (including phenoxy) is 1. The van der Waals surface area contributed by atoms with Crippen LogP contribution < -0.4 is 5.32 Å². The van der Waals surface area contributed by atoms with Gasteiger partial charge in [-0.3, -0.25) is 4.79 Å². The first-order valence-corrected chi connectivity index (χ1v) is 9.03. The first-order chi connectivity index (χ1) is 13.6. The second-order valence-electron chi connectivity index (χ2n) is 6.08. The zero-order valence-electron chi connectivity index (χ0n) is 15.8. The molecule has 0 saturated heterocycles. The molecule has 28 heavy (non-hydrogen) atoms. The fourth-order valence-electron chi connectivity index (χ4n) is 2.82. The lowest BCUT2D eigenvalue weighted by molar-refractivity contribution is -0.119. The molecule has 3 rings (SSSR count). The fourth-order valence-corrected chi connectivity index (χ4v) is 2.82. The Morgan fingerprint density at radius 3 is 2.29 bits per heavy atom. The van der Waals surface area contributed by atoms with E-state index in [1.54, 1.807) is 24.3 Å². The lowest BCUT2D eigenvalue weighted by Crippen LogP contribution is -2.22. The Bertz CT molecular complexity index is 930. The minimum atomic E-state index is -0.571. The van der Waals surface area contributed by atoms with Gasteiger partial charge in [-0.25, -0.2) is 9.48 Å². The van der Waals surface area contributed by atoms with Crippen molar-refractivity contribution in [3.63, 3.8) is 0 Å². The van der Waals surface area contributed by atoms with Gasteiger partial charge < -0.3 is 10.1 Å². The molecule has 1 aromatic heterocycles. The summed E-state index contributed by atoms with van der Waals surface area (Å²) < 4.78 is 6.61. The Hall–Kier alpha value is -3.55. The van der Waals surface area contributed by atoms with E-state index in [4.69, 9.17) is 4.74 Å². The molecule has 1 amide bonds. The maximum absolute atomic E-state index is 12.3. The topological polar surface area (TPSA) is 99.0 Å². The van der Waals surface area contributed by atoms with Crippen LogP contribution >= 0.6 is 0 Å². The van der Waals surface area contributed by atoms with E-state index in [9.17, 15) is 9.59 Å². The number of amides is 1. The van der Waals surface area contributed by atoms with Crippen molar-refractivity contribution < 1.29 is 14.3 Å². The highest BCUT2D eigenvalue weighted by Gasteiger charge is 2.13. The summed E-state index contributed by atoms with van der Waals surface area (Å²) in [6, 6.07) is 12.5. The van der Waals surface area contributed by atoms with E-state index in [0.29, 0.717) is 11.3 Å². The van der Waals surface area contributed by atoms with Crippen LogP contribution in [-0.4, -0.2) is 38.7 Å². The smallest absolute Gasteiger partial charge is 0.338 e. The number of benzene rings is 2. The number of aryl methyl sites for hydroxylation is 2. The number of para-hydroxylation sites is 1. The SMILES string of the molecule is CCc1cccc(CC)c1NC(=O)COC(=O)c1ccc(-n2cnnn2)cc1. The van der Waals surface area contributed by atoms with Gasteiger partial charge in [0.1, 0.15) is 6.33 Å². The number of nitrogens with one attached hydrogen (secondary N) is 1. The average molecular weight is 379 g/mol. The van der Waals surface area contributed by atoms with Crippen molar-refractivity contribution in [1.29, 1.82) is 0 Å². The van der Waals surface area contributed by atoms with Crippen molar-refractivity contribution >= 4 is 17.6 Å². The van der Waals surface area contributed by atoms with E-state index in [1.807, 2.05) is 32.0 Å². The highest BCUT2D eigenvalue weighted by atomic mass is 16.5. The van der Waals surface area contributed by atoms with Crippen LogP contribution in [0.25, 0.3) is 5.69 Å². The summed E-state index contributed by atoms with van der Waals surface area (Å²) in [6.07, 6.45) is 3.06. The van der Waals surface area contributed by atoms with E-state index < -0.39 is 5.97 Å². The number of carbonyl (C=O) groups excluding carboxylic acids is 2. The molecule has 0 fully saturated rings. The predicted octanol–water partition coefficient (Wildman–Crippen LogP) is 2.58. The van der Waals surface area contributed by atoms with Crippen molar-refractivity contribution in [2.75, 3.05) is 11.9 Å². The molecule has 0 radical (unpaired) electrons. The lowest BCUT2D eigenvalue weighted by atomic mass is 10.0. The molecule has 0 atom stereocenters. The third-order valence-corrected chi connectivity index (χ3v) is 4.31. The molecule has 0 aliphatic heterocycles. The summed E-state index contributed by atoms with van der Waals surface area (Å²) in [5, 5.41) is 13.8. The van der Waals surface area contributed by atoms with Gasteiger partial charge in [-0.1, -0.05) is 32.0 Å². The van der Waals surface area contributed by atoms with Crippen molar-refractivity contribution in [3.8, 4) is 5.69 Å². The minimum Gasteiger partial charge on any atom is -0.452 e. The number of rotatable bonds is 7. The summed E-state index contributed by atoms with van der Waals surface area (Å²) in [4.78, 5) is 24.5. The molecule has 144 valence electrons. The van der Waals surface area contributed by atoms with Gasteiger partial charge in [0, 0.05) is 5.69 Å². The van der Waals surface area contributed by atoms with E-state index >= 15 is 0 Å². The molecular weight excluding hydrogens is 358 g/mol. The number of aromatic nitrogens is 4. The zero-order valence-corrected chi connectivity index (χ0v) is 15.8. The van der Waals surface area contributed by atoms with Crippen LogP contribution in [-0.2, 0) is 22.4 Å². The summed E-state index contributed by atoms with van der Waals surface area (Å²) in [5.41, 5.74) is 3.96. The van der Waals surface area contributed by atoms with Crippen LogP contribution in [0.3, 0.4) is 0 Å². The van der Waals surface area contributed by atoms with E-state index in [1.165, 1.54) is 11.0 Å². The first-order valence-electron chi connectivity index (χ1n) is 9.03. The molecule has 3 aromatic rings. The van der Waals surface area contributed by atoms with Gasteiger partial charge in [0.25, 0.3) is 5.91 Å². The van der Waals surface area contributed by atoms with Crippen LogP contribution in [0.2, 0.25) is 0 Å². The summed E-state index contributed by atoms with van der Waals surface area (Å²) >= 11 is 0. The van der Waals surface area contributed by atoms with Crippen LogP contribution in [0.5, 0.6) is 0 Å². The second-order valence-corrected chi connectivity index (χ2v) is 6.08. The van der Waals surface area contributed by atoms with Crippen LogP contribution in [0.4, 0.5) is 5.69 Å². The molecular formula is C20H21N5O3. The van der Waals surface area contributed by atoms with Gasteiger partial charge in [-0.05, 0) is 58.7 Å². The van der Waals surface area contributed by atoms with Crippen molar-refractivity contribution in [2.45, 2.75) is 26.7 Å². The maximum Gasteiger partial charge on any atom is 0.338 e. The Labute approximate surface area is 162 Å². The largest absolute Gasteiger partial charge is 0.452 e. The summed E-state index contributed by atoms with van der Waals surface area (Å²) in [6.45, 7) is 3.71. The van der Waals surface area contributed by atoms with Gasteiger partial charge in [0.2, 0.25) is 0 Å². The average Bonchev–Trinajstić information content (AvgIpc) is 3.27. The molecule has 0 saturated carbocycles. The minimum absolute atomic E-state index is 0.341. The molecule has 1 N–H and O–H groups in total. The fraction of sp³-hybridized carbons (Fsp3) is 0.250. The standard InChI is InChI=1S/C20H21N5O3/c1-3-14-6-5-7-15(4-2)19(14)22-18(26)12-28-20(27)16-8-10-17(11-9-16)25-13-21-23-24-25/h5-11,13H,3-4,12H2,1-2H3,(H,22,26). The number of anilines is 1. The predicted molar refractivity (Wildman–Crippen MR) is 103 cm³/mol. The van der Waals surface area contributed by atoms with Gasteiger partial charge in [0.15, 0.2) is 6.61 Å². The molecule has 0 spiro atoms. The number of hydrogen-bond acceptors (Lipinski definition) is 6. The maximum atomic E-state index is 12.3. The normalized spacial score (nSPS) is 10.5. The second kappa shape index (κ2) is 8.90. The Balaban J connectivity index is 1.60. The van der Waals surface area contributed by atoms with Gasteiger partial charge in [0.05, 0.1) is 11.3 Å². The van der Waals surface area contributed by atoms with E-state index in [0.717, 1.165) is 29.7 Å². The van der Waals surface area contributed by atoms with Crippen LogP contribution in [0, 0.1) is 0 Å². The highest BCUT2D eigenvalue weighted by Crippen LogP contribution is 2.22. The third kappa shape index (κ3) is 4.40. The molecule has 0 aliphatic rings. The van der Waals surface area contributed by atoms with Crippen LogP contribution in [0.15, 0.2) is 48.8 Å². The van der Waals surface area contributed by atoms with Gasteiger partial charge in [-0.2, -0.15) is 0 Å². The molecule has 1 heterocycles. The van der Waals surface area contributed by atoms with Crippen molar-refractivity contribution in [3.05, 3.63) is 65.5 Å². The quantitative estimate of drug-likeness (QED) is 0.634. The zero-order chi connectivity index (χ0) is 19.9. The monoisotopic (exact) mass is 379 g/mol. The number of nitrogens with zero attached hydrogens (tertiary/aromatic N) is 4. The van der Waals surface area contributed by atoms with Gasteiger partial charge >= 0.3 is 5.97 Å². The molecule has 0 unspecified atom stereocenters. The Kier molecular flexibility index (Phi) is 6.11. The van der Waals surface area contributed by atoms with E-state index in [-0.39, 0.29) is 12.5 Å². The first kappa shape index (κ1) is 19.2. The third-order valence-electron chi connectivity index (χ3n) is 4.31. The molecule has 2 aromatic carbocycles. The van der Waals surface area contributed by atoms with Crippen LogP contribution in [0.1, 0.15) is 35.3 Å². The number of esters is 1. The van der Waals surface area contributed by atoms with Crippen molar-refractivity contribution in [1.82, 2.24) is 20.2 Å². The number of carbonyl (C=O) groups is 2. The van der Waals surface area contributed by atoms with Crippen molar-refractivity contribution in [2.24, 2.45) is 0 Å². The Morgan fingerprint density at radius 2 is 1.71 bits per heavy atom. The summed E-state index contributed by atoms with van der Waals surface area (Å²) in [7, 11) is 0. The van der Waals surface area contributed by atoms with E-state index in [2.05, 4.69) is 20.8 Å². The van der Waals surface area contributed by atoms with Gasteiger partial charge in [-0.15, -0.1) is 5.10 Å². The lowest BCUT2D eigenvalue weighted by Gasteiger charge is -2.14. The number of tetrazole rings is 1. The molecule has 0 aliphatic carbocycles. The number of hydrogen-bond donors (Lipinski definition) is 1. The molecule has 0 bridgehead atoms.